The molecular formula is C4H6IN3. The Morgan fingerprint density at radius 2 is 2.38 bits per heavy atom. The first kappa shape index (κ1) is 7.74. The number of hydrogen-bond acceptors (Lipinski definition) is 1. The lowest BCUT2D eigenvalue weighted by molar-refractivity contribution is 1.41. The van der Waals surface area contributed by atoms with Crippen molar-refractivity contribution < 1.29 is 0 Å². The van der Waals surface area contributed by atoms with Crippen molar-refractivity contribution in [2.75, 3.05) is 0 Å². The average Bonchev–Trinajstić information content (AvgIpc) is 1.66. The van der Waals surface area contributed by atoms with Gasteiger partial charge in [0.15, 0.2) is 0 Å². The Morgan fingerprint density at radius 3 is 2.75 bits per heavy atom. The molecule has 0 radical (unpaired) electrons. The number of nitrogens with zero attached hydrogens (tertiary/aromatic N) is 2. The summed E-state index contributed by atoms with van der Waals surface area (Å²) < 4.78 is 1.59. The summed E-state index contributed by atoms with van der Waals surface area (Å²) in [5.41, 5.74) is 0. The lowest BCUT2D eigenvalue weighted by Gasteiger charge is -1.76. The highest BCUT2D eigenvalue weighted by molar-refractivity contribution is 14.1. The Labute approximate surface area is 61.6 Å². The Morgan fingerprint density at radius 1 is 1.75 bits per heavy atom. The minimum Gasteiger partial charge on any atom is -0.287 e. The number of nitrogens with one attached hydrogen (secondary N) is 1. The molecule has 0 aliphatic heterocycles. The maximum absolute atomic E-state index is 6.80. The van der Waals surface area contributed by atoms with Gasteiger partial charge in [0.1, 0.15) is 12.2 Å². The monoisotopic (exact) mass is 223 g/mol. The summed E-state index contributed by atoms with van der Waals surface area (Å²) in [6, 6.07) is 0. The normalized spacial score (nSPS) is 11.2. The van der Waals surface area contributed by atoms with Crippen LogP contribution in [0.5, 0.6) is 0 Å². The van der Waals surface area contributed by atoms with Crippen LogP contribution in [0.25, 0.3) is 0 Å². The third-order valence-corrected chi connectivity index (χ3v) is 0.696. The van der Waals surface area contributed by atoms with E-state index in [4.69, 9.17) is 5.41 Å². The molecule has 0 aliphatic carbocycles. The fourth-order valence-electron chi connectivity index (χ4n) is 0.145. The van der Waals surface area contributed by atoms with Gasteiger partial charge < -0.3 is 0 Å². The molecule has 0 unspecified atom stereocenters. The molecule has 0 aromatic rings. The highest BCUT2D eigenvalue weighted by atomic mass is 127. The predicted molar refractivity (Wildman–Crippen MR) is 44.4 cm³/mol. The fourth-order valence-corrected chi connectivity index (χ4v) is 0.289. The number of amidine groups is 1. The average molecular weight is 223 g/mol. The van der Waals surface area contributed by atoms with Gasteiger partial charge in [-0.05, 0) is 29.5 Å². The number of rotatable bonds is 1. The highest BCUT2D eigenvalue weighted by Crippen LogP contribution is 1.72. The first-order valence-corrected chi connectivity index (χ1v) is 3.21. The third-order valence-electron chi connectivity index (χ3n) is 0.374. The molecule has 3 nitrogen and oxygen atoms in total. The molecule has 0 aliphatic rings. The second-order valence-corrected chi connectivity index (χ2v) is 1.63. The van der Waals surface area contributed by atoms with Gasteiger partial charge in [-0.15, -0.1) is 0 Å². The predicted octanol–water partition coefficient (Wildman–Crippen LogP) is 1.48. The van der Waals surface area contributed by atoms with Crippen molar-refractivity contribution in [2.24, 2.45) is 9.98 Å². The molecule has 44 valence electrons. The quantitative estimate of drug-likeness (QED) is 0.397. The van der Waals surface area contributed by atoms with Crippen molar-refractivity contribution in [3.63, 3.8) is 0 Å². The number of halogens is 1. The van der Waals surface area contributed by atoms with E-state index in [2.05, 4.69) is 9.98 Å². The highest BCUT2D eigenvalue weighted by Gasteiger charge is 1.70. The Kier molecular flexibility index (Phi) is 4.73. The zero-order chi connectivity index (χ0) is 6.41. The van der Waals surface area contributed by atoms with Gasteiger partial charge in [-0.1, -0.05) is 0 Å². The summed E-state index contributed by atoms with van der Waals surface area (Å²) in [6.45, 7) is 1.60. The smallest absolute Gasteiger partial charge is 0.119 e. The summed E-state index contributed by atoms with van der Waals surface area (Å²) >= 11 is 1.98. The van der Waals surface area contributed by atoms with Gasteiger partial charge in [-0.25, -0.2) is 9.98 Å². The van der Waals surface area contributed by atoms with E-state index >= 15 is 0 Å². The zero-order valence-electron chi connectivity index (χ0n) is 4.43. The van der Waals surface area contributed by atoms with Crippen LogP contribution >= 0.6 is 22.6 Å². The molecule has 0 aromatic carbocycles. The van der Waals surface area contributed by atoms with Crippen molar-refractivity contribution in [3.8, 4) is 0 Å². The van der Waals surface area contributed by atoms with Crippen molar-refractivity contribution in [1.29, 1.82) is 5.41 Å². The molecule has 0 rings (SSSR count). The first-order chi connectivity index (χ1) is 3.77. The second-order valence-electron chi connectivity index (χ2n) is 1.08. The summed E-state index contributed by atoms with van der Waals surface area (Å²) in [5.74, 6) is 0.270. The van der Waals surface area contributed by atoms with Gasteiger partial charge in [0, 0.05) is 0 Å². The maximum Gasteiger partial charge on any atom is 0.119 e. The van der Waals surface area contributed by atoms with Crippen LogP contribution < -0.4 is 0 Å². The molecule has 0 bridgehead atoms. The van der Waals surface area contributed by atoms with Crippen molar-refractivity contribution >= 4 is 39.0 Å². The van der Waals surface area contributed by atoms with Gasteiger partial charge in [-0.3, -0.25) is 5.41 Å². The van der Waals surface area contributed by atoms with Crippen LogP contribution in [0.1, 0.15) is 6.92 Å². The topological polar surface area (TPSA) is 48.6 Å². The molecule has 0 atom stereocenters. The molecule has 0 fully saturated rings. The van der Waals surface area contributed by atoms with Crippen LogP contribution in [0.2, 0.25) is 0 Å². The van der Waals surface area contributed by atoms with E-state index in [0.29, 0.717) is 0 Å². The number of hydrogen-bond donors (Lipinski definition) is 1. The third kappa shape index (κ3) is 5.74. The van der Waals surface area contributed by atoms with Crippen LogP contribution in [-0.4, -0.2) is 16.4 Å². The van der Waals surface area contributed by atoms with E-state index < -0.39 is 0 Å². The van der Waals surface area contributed by atoms with Crippen molar-refractivity contribution in [2.45, 2.75) is 6.92 Å². The van der Waals surface area contributed by atoms with E-state index in [-0.39, 0.29) is 5.84 Å². The molecule has 8 heavy (non-hydrogen) atoms. The molecule has 0 spiro atoms. The Hall–Kier alpha value is -0.260. The van der Waals surface area contributed by atoms with Gasteiger partial charge in [-0.2, -0.15) is 0 Å². The van der Waals surface area contributed by atoms with E-state index in [1.807, 2.05) is 22.6 Å². The van der Waals surface area contributed by atoms with E-state index in [0.717, 1.165) is 0 Å². The van der Waals surface area contributed by atoms with Gasteiger partial charge >= 0.3 is 0 Å². The first-order valence-electron chi connectivity index (χ1n) is 1.97. The second kappa shape index (κ2) is 4.89. The summed E-state index contributed by atoms with van der Waals surface area (Å²) in [5, 5.41) is 6.80. The van der Waals surface area contributed by atoms with Crippen LogP contribution in [-0.2, 0) is 0 Å². The van der Waals surface area contributed by atoms with E-state index in [1.54, 1.807) is 11.1 Å². The van der Waals surface area contributed by atoms with Gasteiger partial charge in [0.25, 0.3) is 0 Å². The summed E-state index contributed by atoms with van der Waals surface area (Å²) in [6.07, 6.45) is 1.34. The molecular weight excluding hydrogens is 217 g/mol. The minimum atomic E-state index is 0.270. The molecule has 0 saturated heterocycles. The van der Waals surface area contributed by atoms with Crippen LogP contribution in [0.3, 0.4) is 0 Å². The summed E-state index contributed by atoms with van der Waals surface area (Å²) in [4.78, 5) is 7.21. The molecule has 0 aromatic heterocycles. The summed E-state index contributed by atoms with van der Waals surface area (Å²) in [7, 11) is 0. The molecule has 0 amide bonds. The number of aliphatic imine (C=N–C) groups is 2. The minimum absolute atomic E-state index is 0.270. The SMILES string of the molecule is CC(=N)N=CN=CI. The Balaban J connectivity index is 3.50. The van der Waals surface area contributed by atoms with Gasteiger partial charge in [0.2, 0.25) is 0 Å². The lowest BCUT2D eigenvalue weighted by Crippen LogP contribution is -1.79. The molecule has 1 N–H and O–H groups in total. The van der Waals surface area contributed by atoms with Crippen LogP contribution in [0.4, 0.5) is 0 Å². The van der Waals surface area contributed by atoms with E-state index in [9.17, 15) is 0 Å². The largest absolute Gasteiger partial charge is 0.287 e. The Bertz CT molecular complexity index is 127. The van der Waals surface area contributed by atoms with Gasteiger partial charge in [0.05, 0.1) is 4.22 Å². The van der Waals surface area contributed by atoms with Crippen LogP contribution in [0.15, 0.2) is 9.98 Å². The molecule has 4 heteroatoms. The van der Waals surface area contributed by atoms with Crippen molar-refractivity contribution in [3.05, 3.63) is 0 Å². The standard InChI is InChI=1S/C4H6IN3/c1-4(6)8-3-7-2-5/h2-3,6H,1H3. The molecule has 0 saturated carbocycles. The van der Waals surface area contributed by atoms with E-state index in [1.165, 1.54) is 6.34 Å². The molecule has 0 heterocycles. The zero-order valence-corrected chi connectivity index (χ0v) is 6.58. The lowest BCUT2D eigenvalue weighted by atomic mass is 10.7. The van der Waals surface area contributed by atoms with Crippen LogP contribution in [0, 0.1) is 5.41 Å². The maximum atomic E-state index is 6.80. The van der Waals surface area contributed by atoms with Crippen molar-refractivity contribution in [1.82, 2.24) is 0 Å². The fraction of sp³-hybridized carbons (Fsp3) is 0.250.